The molecule has 6 nitrogen and oxygen atoms in total. The summed E-state index contributed by atoms with van der Waals surface area (Å²) in [6.45, 7) is 2.19. The molecule has 0 spiro atoms. The van der Waals surface area contributed by atoms with E-state index in [1.807, 2.05) is 6.07 Å². The lowest BCUT2D eigenvalue weighted by Gasteiger charge is -2.17. The van der Waals surface area contributed by atoms with Gasteiger partial charge in [0.05, 0.1) is 11.8 Å². The second-order valence-corrected chi connectivity index (χ2v) is 4.71. The number of nitrogens with zero attached hydrogens (tertiary/aromatic N) is 4. The summed E-state index contributed by atoms with van der Waals surface area (Å²) < 4.78 is 1.67. The molecule has 1 unspecified atom stereocenters. The largest absolute Gasteiger partial charge is 0.393 e. The Kier molecular flexibility index (Phi) is 4.47. The molecule has 2 heterocycles. The van der Waals surface area contributed by atoms with Gasteiger partial charge in [0.2, 0.25) is 0 Å². The lowest BCUT2D eigenvalue weighted by atomic mass is 10.2. The first-order chi connectivity index (χ1) is 9.58. The second-order valence-electron chi connectivity index (χ2n) is 4.71. The zero-order chi connectivity index (χ0) is 14.5. The van der Waals surface area contributed by atoms with Gasteiger partial charge in [0.15, 0.2) is 0 Å². The van der Waals surface area contributed by atoms with Gasteiger partial charge in [0, 0.05) is 32.2 Å². The van der Waals surface area contributed by atoms with E-state index in [-0.39, 0.29) is 5.91 Å². The number of aromatic nitrogens is 3. The fraction of sp³-hybridized carbons (Fsp3) is 0.357. The molecule has 0 fully saturated rings. The minimum atomic E-state index is -0.423. The van der Waals surface area contributed by atoms with Gasteiger partial charge in [0.25, 0.3) is 5.91 Å². The summed E-state index contributed by atoms with van der Waals surface area (Å²) in [7, 11) is 1.70. The molecule has 6 heteroatoms. The molecule has 2 aromatic heterocycles. The first kappa shape index (κ1) is 14.2. The number of carbonyl (C=O) groups is 1. The van der Waals surface area contributed by atoms with Crippen LogP contribution < -0.4 is 0 Å². The lowest BCUT2D eigenvalue weighted by molar-refractivity contribution is 0.0763. The zero-order valence-electron chi connectivity index (χ0n) is 11.6. The molecule has 0 aliphatic heterocycles. The monoisotopic (exact) mass is 274 g/mol. The van der Waals surface area contributed by atoms with E-state index in [4.69, 9.17) is 0 Å². The predicted molar refractivity (Wildman–Crippen MR) is 74.6 cm³/mol. The van der Waals surface area contributed by atoms with Crippen LogP contribution in [0.25, 0.3) is 5.69 Å². The van der Waals surface area contributed by atoms with Gasteiger partial charge in [-0.2, -0.15) is 5.10 Å². The Balaban J connectivity index is 2.12. The van der Waals surface area contributed by atoms with Crippen molar-refractivity contribution in [2.24, 2.45) is 0 Å². The van der Waals surface area contributed by atoms with Gasteiger partial charge < -0.3 is 10.0 Å². The quantitative estimate of drug-likeness (QED) is 0.886. The topological polar surface area (TPSA) is 71.2 Å². The molecule has 1 N–H and O–H groups in total. The Labute approximate surface area is 117 Å². The standard InChI is InChI=1S/C14H18N4O2/c1-11(19)5-9-17(2)14(20)13-10-12(4-7-15-13)18-8-3-6-16-18/h3-4,6-8,10-11,19H,5,9H2,1-2H3. The van der Waals surface area contributed by atoms with Crippen LogP contribution in [0.5, 0.6) is 0 Å². The highest BCUT2D eigenvalue weighted by atomic mass is 16.3. The minimum Gasteiger partial charge on any atom is -0.393 e. The Bertz CT molecular complexity index is 566. The number of pyridine rings is 1. The number of aliphatic hydroxyl groups excluding tert-OH is 1. The van der Waals surface area contributed by atoms with Crippen LogP contribution in [-0.2, 0) is 0 Å². The molecular formula is C14H18N4O2. The van der Waals surface area contributed by atoms with Crippen molar-refractivity contribution in [3.63, 3.8) is 0 Å². The van der Waals surface area contributed by atoms with Crippen molar-refractivity contribution in [2.45, 2.75) is 19.4 Å². The van der Waals surface area contributed by atoms with Crippen molar-refractivity contribution in [2.75, 3.05) is 13.6 Å². The maximum atomic E-state index is 12.2. The fourth-order valence-electron chi connectivity index (χ4n) is 1.78. The highest BCUT2D eigenvalue weighted by Gasteiger charge is 2.14. The molecular weight excluding hydrogens is 256 g/mol. The van der Waals surface area contributed by atoms with Gasteiger partial charge in [-0.1, -0.05) is 0 Å². The average Bonchev–Trinajstić information content (AvgIpc) is 2.98. The van der Waals surface area contributed by atoms with E-state index in [1.54, 1.807) is 54.3 Å². The summed E-state index contributed by atoms with van der Waals surface area (Å²) in [5.41, 5.74) is 1.16. The molecule has 1 atom stereocenters. The maximum Gasteiger partial charge on any atom is 0.272 e. The highest BCUT2D eigenvalue weighted by molar-refractivity contribution is 5.92. The molecule has 0 radical (unpaired) electrons. The molecule has 106 valence electrons. The number of hydrogen-bond acceptors (Lipinski definition) is 4. The number of amides is 1. The van der Waals surface area contributed by atoms with E-state index in [2.05, 4.69) is 10.1 Å². The Morgan fingerprint density at radius 3 is 2.95 bits per heavy atom. The van der Waals surface area contributed by atoms with Crippen LogP contribution in [0.15, 0.2) is 36.8 Å². The Morgan fingerprint density at radius 1 is 1.50 bits per heavy atom. The molecule has 2 aromatic rings. The minimum absolute atomic E-state index is 0.167. The summed E-state index contributed by atoms with van der Waals surface area (Å²) in [6, 6.07) is 5.31. The van der Waals surface area contributed by atoms with E-state index in [0.717, 1.165) is 5.69 Å². The lowest BCUT2D eigenvalue weighted by Crippen LogP contribution is -2.30. The number of carbonyl (C=O) groups excluding carboxylic acids is 1. The predicted octanol–water partition coefficient (Wildman–Crippen LogP) is 1.11. The molecule has 0 bridgehead atoms. The van der Waals surface area contributed by atoms with Crippen molar-refractivity contribution >= 4 is 5.91 Å². The van der Waals surface area contributed by atoms with Crippen molar-refractivity contribution in [3.05, 3.63) is 42.5 Å². The van der Waals surface area contributed by atoms with E-state index in [9.17, 15) is 9.90 Å². The third-order valence-electron chi connectivity index (χ3n) is 2.96. The Morgan fingerprint density at radius 2 is 2.30 bits per heavy atom. The summed E-state index contributed by atoms with van der Waals surface area (Å²) in [6.07, 6.45) is 5.19. The van der Waals surface area contributed by atoms with Crippen molar-refractivity contribution in [3.8, 4) is 5.69 Å². The molecule has 2 rings (SSSR count). The molecule has 0 aliphatic carbocycles. The molecule has 0 saturated carbocycles. The summed E-state index contributed by atoms with van der Waals surface area (Å²) in [5.74, 6) is -0.167. The maximum absolute atomic E-state index is 12.2. The van der Waals surface area contributed by atoms with E-state index in [1.165, 1.54) is 0 Å². The molecule has 0 aromatic carbocycles. The number of aliphatic hydroxyl groups is 1. The van der Waals surface area contributed by atoms with Crippen molar-refractivity contribution in [1.29, 1.82) is 0 Å². The number of rotatable bonds is 5. The third-order valence-corrected chi connectivity index (χ3v) is 2.96. The van der Waals surface area contributed by atoms with Gasteiger partial charge in [-0.05, 0) is 31.5 Å². The molecule has 1 amide bonds. The molecule has 0 saturated heterocycles. The van der Waals surface area contributed by atoms with Gasteiger partial charge >= 0.3 is 0 Å². The van der Waals surface area contributed by atoms with E-state index in [0.29, 0.717) is 18.7 Å². The van der Waals surface area contributed by atoms with Gasteiger partial charge in [0.1, 0.15) is 5.69 Å². The van der Waals surface area contributed by atoms with Gasteiger partial charge in [-0.25, -0.2) is 4.68 Å². The fourth-order valence-corrected chi connectivity index (χ4v) is 1.78. The summed E-state index contributed by atoms with van der Waals surface area (Å²) in [4.78, 5) is 17.9. The summed E-state index contributed by atoms with van der Waals surface area (Å²) in [5, 5.41) is 13.4. The van der Waals surface area contributed by atoms with Crippen molar-refractivity contribution < 1.29 is 9.90 Å². The van der Waals surface area contributed by atoms with Crippen LogP contribution in [0.1, 0.15) is 23.8 Å². The Hall–Kier alpha value is -2.21. The first-order valence-electron chi connectivity index (χ1n) is 6.47. The second kappa shape index (κ2) is 6.29. The normalized spacial score (nSPS) is 12.2. The van der Waals surface area contributed by atoms with E-state index < -0.39 is 6.10 Å². The highest BCUT2D eigenvalue weighted by Crippen LogP contribution is 2.09. The average molecular weight is 274 g/mol. The molecule has 0 aliphatic rings. The zero-order valence-corrected chi connectivity index (χ0v) is 11.6. The van der Waals surface area contributed by atoms with Crippen molar-refractivity contribution in [1.82, 2.24) is 19.7 Å². The van der Waals surface area contributed by atoms with Crippen LogP contribution in [-0.4, -0.2) is 50.4 Å². The van der Waals surface area contributed by atoms with E-state index >= 15 is 0 Å². The molecule has 20 heavy (non-hydrogen) atoms. The summed E-state index contributed by atoms with van der Waals surface area (Å²) >= 11 is 0. The van der Waals surface area contributed by atoms with Crippen LogP contribution in [0.2, 0.25) is 0 Å². The van der Waals surface area contributed by atoms with Crippen LogP contribution >= 0.6 is 0 Å². The smallest absolute Gasteiger partial charge is 0.272 e. The number of hydrogen-bond donors (Lipinski definition) is 1. The third kappa shape index (κ3) is 3.42. The van der Waals surface area contributed by atoms with Gasteiger partial charge in [-0.3, -0.25) is 9.78 Å². The van der Waals surface area contributed by atoms with Crippen LogP contribution in [0.3, 0.4) is 0 Å². The SMILES string of the molecule is CC(O)CCN(C)C(=O)c1cc(-n2cccn2)ccn1. The van der Waals surface area contributed by atoms with Crippen LogP contribution in [0.4, 0.5) is 0 Å². The van der Waals surface area contributed by atoms with Gasteiger partial charge in [-0.15, -0.1) is 0 Å². The van der Waals surface area contributed by atoms with Crippen LogP contribution in [0, 0.1) is 0 Å². The first-order valence-corrected chi connectivity index (χ1v) is 6.47.